The number of nitro benzene ring substituents is 1. The van der Waals surface area contributed by atoms with E-state index in [2.05, 4.69) is 5.32 Å². The first-order chi connectivity index (χ1) is 9.78. The van der Waals surface area contributed by atoms with E-state index in [9.17, 15) is 20.0 Å². The molecule has 0 bridgehead atoms. The molecule has 1 aliphatic carbocycles. The zero-order chi connectivity index (χ0) is 15.8. The molecule has 2 rings (SSSR count). The smallest absolute Gasteiger partial charge is 0.338 e. The number of methoxy groups -OCH3 is 1. The van der Waals surface area contributed by atoms with Crippen molar-refractivity contribution >= 4 is 17.3 Å². The van der Waals surface area contributed by atoms with Crippen molar-refractivity contribution in [1.29, 1.82) is 0 Å². The van der Waals surface area contributed by atoms with Gasteiger partial charge in [-0.25, -0.2) is 4.79 Å². The van der Waals surface area contributed by atoms with E-state index in [1.807, 2.05) is 13.8 Å². The van der Waals surface area contributed by atoms with Crippen molar-refractivity contribution in [3.8, 4) is 0 Å². The van der Waals surface area contributed by atoms with Crippen LogP contribution in [0.1, 0.15) is 30.6 Å². The van der Waals surface area contributed by atoms with E-state index in [-0.39, 0.29) is 34.5 Å². The van der Waals surface area contributed by atoms with Gasteiger partial charge in [-0.05, 0) is 12.5 Å². The van der Waals surface area contributed by atoms with Crippen LogP contribution in [0, 0.1) is 15.5 Å². The molecule has 0 amide bonds. The van der Waals surface area contributed by atoms with Gasteiger partial charge >= 0.3 is 5.97 Å². The van der Waals surface area contributed by atoms with Crippen LogP contribution in [-0.2, 0) is 4.74 Å². The van der Waals surface area contributed by atoms with Crippen molar-refractivity contribution < 1.29 is 19.6 Å². The maximum atomic E-state index is 11.3. The van der Waals surface area contributed by atoms with Crippen molar-refractivity contribution in [2.75, 3.05) is 12.4 Å². The minimum Gasteiger partial charge on any atom is -0.478 e. The number of hydrogen-bond acceptors (Lipinski definition) is 5. The van der Waals surface area contributed by atoms with Crippen LogP contribution in [0.15, 0.2) is 18.2 Å². The van der Waals surface area contributed by atoms with E-state index in [1.54, 1.807) is 7.11 Å². The molecule has 0 radical (unpaired) electrons. The zero-order valence-electron chi connectivity index (χ0n) is 12.1. The molecule has 0 saturated heterocycles. The minimum atomic E-state index is -1.19. The molecule has 7 nitrogen and oxygen atoms in total. The number of benzene rings is 1. The van der Waals surface area contributed by atoms with Gasteiger partial charge in [0.25, 0.3) is 5.69 Å². The van der Waals surface area contributed by atoms with Crippen LogP contribution in [0.5, 0.6) is 0 Å². The Morgan fingerprint density at radius 3 is 2.67 bits per heavy atom. The normalized spacial score (nSPS) is 23.2. The van der Waals surface area contributed by atoms with E-state index in [4.69, 9.17) is 4.74 Å². The van der Waals surface area contributed by atoms with E-state index in [0.29, 0.717) is 6.42 Å². The van der Waals surface area contributed by atoms with Gasteiger partial charge in [0.1, 0.15) is 5.69 Å². The van der Waals surface area contributed by atoms with E-state index < -0.39 is 10.9 Å². The molecule has 1 aromatic carbocycles. The number of anilines is 1. The molecule has 0 spiro atoms. The molecule has 1 aromatic rings. The quantitative estimate of drug-likeness (QED) is 0.639. The molecule has 2 N–H and O–H groups in total. The summed E-state index contributed by atoms with van der Waals surface area (Å²) in [6.45, 7) is 3.97. The third-order valence-electron chi connectivity index (χ3n) is 4.25. The molecule has 114 valence electrons. The molecule has 2 unspecified atom stereocenters. The highest BCUT2D eigenvalue weighted by Crippen LogP contribution is 2.45. The second-order valence-corrected chi connectivity index (χ2v) is 5.74. The molecule has 1 aliphatic rings. The van der Waals surface area contributed by atoms with Gasteiger partial charge in [0.05, 0.1) is 16.6 Å². The van der Waals surface area contributed by atoms with Crippen LogP contribution in [0.4, 0.5) is 11.4 Å². The lowest BCUT2D eigenvalue weighted by atomic mass is 9.64. The Labute approximate surface area is 122 Å². The molecule has 1 fully saturated rings. The van der Waals surface area contributed by atoms with Gasteiger partial charge in [0.2, 0.25) is 0 Å². The van der Waals surface area contributed by atoms with Crippen LogP contribution in [0.3, 0.4) is 0 Å². The number of rotatable bonds is 5. The van der Waals surface area contributed by atoms with Crippen LogP contribution in [0.25, 0.3) is 0 Å². The van der Waals surface area contributed by atoms with Crippen molar-refractivity contribution in [3.63, 3.8) is 0 Å². The predicted octanol–water partition coefficient (Wildman–Crippen LogP) is 2.52. The van der Waals surface area contributed by atoms with Gasteiger partial charge in [-0.1, -0.05) is 19.9 Å². The molecule has 0 heterocycles. The Hall–Kier alpha value is -2.15. The number of carboxylic acids is 1. The van der Waals surface area contributed by atoms with Crippen LogP contribution in [0.2, 0.25) is 0 Å². The summed E-state index contributed by atoms with van der Waals surface area (Å²) in [5.41, 5.74) is -0.496. The van der Waals surface area contributed by atoms with E-state index in [0.717, 1.165) is 0 Å². The van der Waals surface area contributed by atoms with Gasteiger partial charge in [-0.2, -0.15) is 0 Å². The molecular weight excluding hydrogens is 276 g/mol. The molecule has 7 heteroatoms. The molecule has 0 aromatic heterocycles. The van der Waals surface area contributed by atoms with Crippen LogP contribution in [-0.4, -0.2) is 35.3 Å². The molecule has 1 saturated carbocycles. The van der Waals surface area contributed by atoms with Crippen molar-refractivity contribution in [1.82, 2.24) is 0 Å². The second-order valence-electron chi connectivity index (χ2n) is 5.74. The lowest BCUT2D eigenvalue weighted by molar-refractivity contribution is -0.384. The number of para-hydroxylation sites is 1. The maximum Gasteiger partial charge on any atom is 0.338 e. The summed E-state index contributed by atoms with van der Waals surface area (Å²) in [5.74, 6) is -1.19. The highest BCUT2D eigenvalue weighted by molar-refractivity contribution is 5.97. The zero-order valence-corrected chi connectivity index (χ0v) is 12.1. The lowest BCUT2D eigenvalue weighted by Crippen LogP contribution is -2.57. The Kier molecular flexibility index (Phi) is 3.87. The average Bonchev–Trinajstić information content (AvgIpc) is 2.42. The number of hydrogen-bond donors (Lipinski definition) is 2. The highest BCUT2D eigenvalue weighted by Gasteiger charge is 2.49. The Morgan fingerprint density at radius 1 is 1.52 bits per heavy atom. The van der Waals surface area contributed by atoms with Gasteiger partial charge in [0, 0.05) is 24.6 Å². The standard InChI is InChI=1S/C14H18N2O5/c1-14(2)10(7-11(14)21-3)15-12-8(13(17)18)5-4-6-9(12)16(19)20/h4-6,10-11,15H,7H2,1-3H3,(H,17,18). The van der Waals surface area contributed by atoms with E-state index >= 15 is 0 Å². The SMILES string of the molecule is COC1CC(Nc2c(C(=O)O)cccc2[N+](=O)[O-])C1(C)C. The Bertz CT molecular complexity index is 552. The van der Waals surface area contributed by atoms with E-state index in [1.165, 1.54) is 18.2 Å². The summed E-state index contributed by atoms with van der Waals surface area (Å²) >= 11 is 0. The summed E-state index contributed by atoms with van der Waals surface area (Å²) in [4.78, 5) is 21.8. The first-order valence-corrected chi connectivity index (χ1v) is 6.59. The third kappa shape index (κ3) is 2.56. The van der Waals surface area contributed by atoms with Gasteiger partial charge in [-0.3, -0.25) is 10.1 Å². The predicted molar refractivity (Wildman–Crippen MR) is 76.7 cm³/mol. The summed E-state index contributed by atoms with van der Waals surface area (Å²) in [6, 6.07) is 3.95. The topological polar surface area (TPSA) is 102 Å². The summed E-state index contributed by atoms with van der Waals surface area (Å²) in [6.07, 6.45) is 0.722. The number of aromatic carboxylic acids is 1. The Balaban J connectivity index is 2.35. The number of nitrogens with zero attached hydrogens (tertiary/aromatic N) is 1. The second kappa shape index (κ2) is 5.33. The van der Waals surface area contributed by atoms with Gasteiger partial charge < -0.3 is 15.2 Å². The molecule has 21 heavy (non-hydrogen) atoms. The first-order valence-electron chi connectivity index (χ1n) is 6.59. The fourth-order valence-corrected chi connectivity index (χ4v) is 2.73. The summed E-state index contributed by atoms with van der Waals surface area (Å²) in [5, 5.41) is 23.4. The van der Waals surface area contributed by atoms with Crippen LogP contribution >= 0.6 is 0 Å². The molecular formula is C14H18N2O5. The van der Waals surface area contributed by atoms with Crippen molar-refractivity contribution in [2.45, 2.75) is 32.4 Å². The molecule has 0 aliphatic heterocycles. The summed E-state index contributed by atoms with van der Waals surface area (Å²) < 4.78 is 5.33. The fraction of sp³-hybridized carbons (Fsp3) is 0.500. The monoisotopic (exact) mass is 294 g/mol. The Morgan fingerprint density at radius 2 is 2.19 bits per heavy atom. The van der Waals surface area contributed by atoms with Gasteiger partial charge in [-0.15, -0.1) is 0 Å². The minimum absolute atomic E-state index is 0.0473. The fourth-order valence-electron chi connectivity index (χ4n) is 2.73. The third-order valence-corrected chi connectivity index (χ3v) is 4.25. The summed E-state index contributed by atoms with van der Waals surface area (Å²) in [7, 11) is 1.62. The van der Waals surface area contributed by atoms with Crippen molar-refractivity contribution in [2.24, 2.45) is 5.41 Å². The molecule has 2 atom stereocenters. The van der Waals surface area contributed by atoms with Crippen LogP contribution < -0.4 is 5.32 Å². The highest BCUT2D eigenvalue weighted by atomic mass is 16.6. The maximum absolute atomic E-state index is 11.3. The largest absolute Gasteiger partial charge is 0.478 e. The number of nitro groups is 1. The van der Waals surface area contributed by atoms with Gasteiger partial charge in [0.15, 0.2) is 0 Å². The number of carbonyl (C=O) groups is 1. The first kappa shape index (κ1) is 15.2. The number of ether oxygens (including phenoxy) is 1. The number of nitrogens with one attached hydrogen (secondary N) is 1. The lowest BCUT2D eigenvalue weighted by Gasteiger charge is -2.51. The number of carboxylic acid groups (broad SMARTS) is 1. The van der Waals surface area contributed by atoms with Crippen molar-refractivity contribution in [3.05, 3.63) is 33.9 Å². The average molecular weight is 294 g/mol.